The monoisotopic (exact) mass is 522 g/mol. The van der Waals surface area contributed by atoms with Crippen LogP contribution in [0, 0.1) is 5.92 Å². The SMILES string of the molecule is CC(C)C(O/N=C(\C(=O)NC1C(=O)N(C)C1SCC(N)C(=O)O)c1nc(N)sc1Cl)C(=O)O. The summed E-state index contributed by atoms with van der Waals surface area (Å²) in [5, 5.41) is 23.8. The molecule has 16 heteroatoms. The highest BCUT2D eigenvalue weighted by Crippen LogP contribution is 2.30. The zero-order chi connectivity index (χ0) is 25.0. The van der Waals surface area contributed by atoms with Crippen molar-refractivity contribution < 1.29 is 34.2 Å². The highest BCUT2D eigenvalue weighted by molar-refractivity contribution is 8.00. The summed E-state index contributed by atoms with van der Waals surface area (Å²) < 4.78 is 0.0110. The van der Waals surface area contributed by atoms with E-state index in [0.717, 1.165) is 23.1 Å². The molecule has 0 radical (unpaired) electrons. The van der Waals surface area contributed by atoms with Crippen molar-refractivity contribution in [3.05, 3.63) is 10.0 Å². The van der Waals surface area contributed by atoms with Crippen LogP contribution in [-0.2, 0) is 24.0 Å². The number of nitrogens with two attached hydrogens (primary N) is 2. The first-order chi connectivity index (χ1) is 15.3. The number of amides is 2. The van der Waals surface area contributed by atoms with E-state index >= 15 is 0 Å². The zero-order valence-electron chi connectivity index (χ0n) is 17.7. The molecule has 4 atom stereocenters. The van der Waals surface area contributed by atoms with Gasteiger partial charge >= 0.3 is 11.9 Å². The molecule has 0 spiro atoms. The number of nitrogen functional groups attached to an aromatic ring is 1. The molecular formula is C17H23ClN6O7S2. The van der Waals surface area contributed by atoms with E-state index in [1.807, 2.05) is 0 Å². The van der Waals surface area contributed by atoms with E-state index < -0.39 is 58.9 Å². The summed E-state index contributed by atoms with van der Waals surface area (Å²) >= 11 is 8.04. The lowest BCUT2D eigenvalue weighted by atomic mass is 10.1. The number of hydrogen-bond acceptors (Lipinski definition) is 11. The Morgan fingerprint density at radius 3 is 2.48 bits per heavy atom. The second kappa shape index (κ2) is 11.0. The van der Waals surface area contributed by atoms with Crippen molar-refractivity contribution in [1.82, 2.24) is 15.2 Å². The Morgan fingerprint density at radius 1 is 1.36 bits per heavy atom. The number of carboxylic acids is 2. The standard InChI is InChI=1S/C17H23ClN6O7S2/c1-5(2)10(16(29)30)31-23-8(7-11(18)33-17(20)22-7)12(25)21-9-13(26)24(3)14(9)32-4-6(19)15(27)28/h5-6,9-10,14H,4,19H2,1-3H3,(H2,20,22)(H,21,25)(H,27,28)(H,29,30)/b23-8-. The number of aliphatic carboxylic acids is 2. The summed E-state index contributed by atoms with van der Waals surface area (Å²) in [6.07, 6.45) is -1.36. The number of anilines is 1. The molecule has 1 aliphatic heterocycles. The maximum atomic E-state index is 13.0. The molecule has 0 aromatic carbocycles. The van der Waals surface area contributed by atoms with Gasteiger partial charge in [0.1, 0.15) is 27.5 Å². The quantitative estimate of drug-likeness (QED) is 0.144. The second-order valence-electron chi connectivity index (χ2n) is 7.29. The first-order valence-electron chi connectivity index (χ1n) is 9.41. The Balaban J connectivity index is 2.26. The van der Waals surface area contributed by atoms with E-state index in [9.17, 15) is 24.3 Å². The fourth-order valence-corrected chi connectivity index (χ4v) is 4.83. The predicted octanol–water partition coefficient (Wildman–Crippen LogP) is -0.363. The molecule has 0 bridgehead atoms. The van der Waals surface area contributed by atoms with Gasteiger partial charge in [-0.2, -0.15) is 0 Å². The highest BCUT2D eigenvalue weighted by atomic mass is 35.5. The number of oxime groups is 1. The number of hydrogen-bond donors (Lipinski definition) is 5. The Bertz CT molecular complexity index is 972. The van der Waals surface area contributed by atoms with Crippen molar-refractivity contribution in [2.24, 2.45) is 16.8 Å². The molecule has 182 valence electrons. The van der Waals surface area contributed by atoms with Crippen LogP contribution in [0.25, 0.3) is 0 Å². The Labute approximate surface area is 201 Å². The summed E-state index contributed by atoms with van der Waals surface area (Å²) in [6, 6.07) is -2.17. The van der Waals surface area contributed by atoms with E-state index in [-0.39, 0.29) is 20.9 Å². The lowest BCUT2D eigenvalue weighted by Gasteiger charge is -2.44. The van der Waals surface area contributed by atoms with E-state index in [4.69, 9.17) is 33.0 Å². The number of likely N-dealkylation sites (tertiary alicyclic amines) is 1. The number of carbonyl (C=O) groups excluding carboxylic acids is 2. The number of halogens is 1. The van der Waals surface area contributed by atoms with Crippen molar-refractivity contribution in [3.63, 3.8) is 0 Å². The van der Waals surface area contributed by atoms with Gasteiger partial charge < -0.3 is 36.7 Å². The molecule has 13 nitrogen and oxygen atoms in total. The minimum Gasteiger partial charge on any atom is -0.480 e. The molecule has 0 aliphatic carbocycles. The number of thioether (sulfide) groups is 1. The second-order valence-corrected chi connectivity index (χ2v) is 10.1. The largest absolute Gasteiger partial charge is 0.480 e. The highest BCUT2D eigenvalue weighted by Gasteiger charge is 2.47. The van der Waals surface area contributed by atoms with Gasteiger partial charge in [0, 0.05) is 18.7 Å². The molecule has 2 heterocycles. The summed E-state index contributed by atoms with van der Waals surface area (Å²) in [6.45, 7) is 3.18. The number of rotatable bonds is 11. The van der Waals surface area contributed by atoms with Gasteiger partial charge in [0.2, 0.25) is 12.0 Å². The first kappa shape index (κ1) is 26.6. The molecule has 0 saturated carbocycles. The number of aromatic nitrogens is 1. The minimum atomic E-state index is -1.36. The molecule has 1 fully saturated rings. The summed E-state index contributed by atoms with van der Waals surface area (Å²) in [7, 11) is 1.49. The lowest BCUT2D eigenvalue weighted by molar-refractivity contribution is -0.153. The average Bonchev–Trinajstić information content (AvgIpc) is 3.06. The van der Waals surface area contributed by atoms with Gasteiger partial charge in [0.25, 0.3) is 5.91 Å². The van der Waals surface area contributed by atoms with Gasteiger partial charge in [-0.25, -0.2) is 9.78 Å². The number of β-lactam (4-membered cyclic amide) rings is 1. The number of thiazole rings is 1. The van der Waals surface area contributed by atoms with Crippen LogP contribution in [0.2, 0.25) is 4.34 Å². The van der Waals surface area contributed by atoms with E-state index in [2.05, 4.69) is 15.5 Å². The van der Waals surface area contributed by atoms with Crippen LogP contribution in [0.5, 0.6) is 0 Å². The number of likely N-dealkylation sites (N-methyl/N-ethyl adjacent to an activating group) is 1. The third-order valence-electron chi connectivity index (χ3n) is 4.48. The van der Waals surface area contributed by atoms with Crippen LogP contribution in [0.3, 0.4) is 0 Å². The van der Waals surface area contributed by atoms with E-state index in [1.165, 1.54) is 11.9 Å². The van der Waals surface area contributed by atoms with Crippen molar-refractivity contribution in [3.8, 4) is 0 Å². The molecule has 2 rings (SSSR count). The first-order valence-corrected chi connectivity index (χ1v) is 11.7. The Kier molecular flexibility index (Phi) is 8.88. The Hall–Kier alpha value is -2.62. The van der Waals surface area contributed by atoms with Crippen molar-refractivity contribution in [2.75, 3.05) is 18.5 Å². The number of carbonyl (C=O) groups is 4. The third kappa shape index (κ3) is 6.25. The topological polar surface area (TPSA) is 211 Å². The van der Waals surface area contributed by atoms with Gasteiger partial charge in [-0.1, -0.05) is 41.9 Å². The van der Waals surface area contributed by atoms with Crippen molar-refractivity contribution in [1.29, 1.82) is 0 Å². The molecule has 2 amide bonds. The molecule has 1 saturated heterocycles. The number of nitrogens with one attached hydrogen (secondary N) is 1. The van der Waals surface area contributed by atoms with Crippen LogP contribution < -0.4 is 16.8 Å². The molecule has 33 heavy (non-hydrogen) atoms. The minimum absolute atomic E-state index is 0.00280. The lowest BCUT2D eigenvalue weighted by Crippen LogP contribution is -2.68. The van der Waals surface area contributed by atoms with Gasteiger partial charge in [-0.15, -0.1) is 11.8 Å². The fourth-order valence-electron chi connectivity index (χ4n) is 2.65. The van der Waals surface area contributed by atoms with Crippen molar-refractivity contribution >= 4 is 69.3 Å². The zero-order valence-corrected chi connectivity index (χ0v) is 20.1. The molecule has 1 aromatic rings. The molecule has 1 aromatic heterocycles. The Morgan fingerprint density at radius 2 is 2.00 bits per heavy atom. The smallest absolute Gasteiger partial charge is 0.348 e. The van der Waals surface area contributed by atoms with Gasteiger partial charge in [-0.3, -0.25) is 14.4 Å². The molecular weight excluding hydrogens is 500 g/mol. The number of nitrogens with zero attached hydrogens (tertiary/aromatic N) is 3. The van der Waals surface area contributed by atoms with Crippen LogP contribution in [-0.4, -0.2) is 85.9 Å². The van der Waals surface area contributed by atoms with Crippen LogP contribution in [0.4, 0.5) is 5.13 Å². The van der Waals surface area contributed by atoms with E-state index in [1.54, 1.807) is 13.8 Å². The number of carboxylic acid groups (broad SMARTS) is 2. The maximum Gasteiger partial charge on any atom is 0.348 e. The summed E-state index contributed by atoms with van der Waals surface area (Å²) in [5.41, 5.74) is 10.5. The third-order valence-corrected chi connectivity index (χ3v) is 7.04. The van der Waals surface area contributed by atoms with Gasteiger partial charge in [-0.05, 0) is 0 Å². The summed E-state index contributed by atoms with van der Waals surface area (Å²) in [4.78, 5) is 58.0. The van der Waals surface area contributed by atoms with Gasteiger partial charge in [0.15, 0.2) is 10.8 Å². The normalized spacial score (nSPS) is 20.2. The van der Waals surface area contributed by atoms with Crippen LogP contribution >= 0.6 is 34.7 Å². The van der Waals surface area contributed by atoms with Gasteiger partial charge in [0.05, 0.1) is 0 Å². The predicted molar refractivity (Wildman–Crippen MR) is 122 cm³/mol. The average molecular weight is 523 g/mol. The molecule has 4 unspecified atom stereocenters. The van der Waals surface area contributed by atoms with E-state index in [0.29, 0.717) is 0 Å². The molecule has 7 N–H and O–H groups in total. The van der Waals surface area contributed by atoms with Crippen molar-refractivity contribution in [2.45, 2.75) is 37.4 Å². The van der Waals surface area contributed by atoms with Crippen LogP contribution in [0.15, 0.2) is 5.16 Å². The van der Waals surface area contributed by atoms with Crippen LogP contribution in [0.1, 0.15) is 19.5 Å². The molecule has 1 aliphatic rings. The fraction of sp³-hybridized carbons (Fsp3) is 0.529. The summed E-state index contributed by atoms with van der Waals surface area (Å²) in [5.74, 6) is -4.31. The maximum absolute atomic E-state index is 13.0.